The summed E-state index contributed by atoms with van der Waals surface area (Å²) in [5.74, 6) is -2.47. The molecule has 3 N–H and O–H groups in total. The Balaban J connectivity index is 3.44. The molecule has 1 atom stereocenters. The Bertz CT molecular complexity index is 389. The quantitative estimate of drug-likeness (QED) is 0.779. The van der Waals surface area contributed by atoms with Gasteiger partial charge in [0.25, 0.3) is 0 Å². The molecule has 0 fully saturated rings. The fourth-order valence-electron chi connectivity index (χ4n) is 1.32. The summed E-state index contributed by atoms with van der Waals surface area (Å²) in [5, 5.41) is 9.70. The second kappa shape index (κ2) is 4.30. The summed E-state index contributed by atoms with van der Waals surface area (Å²) in [7, 11) is 0. The molecular formula is C11H14BrF2NO. The molecule has 0 unspecified atom stereocenters. The molecule has 1 aromatic rings. The lowest BCUT2D eigenvalue weighted by Crippen LogP contribution is -2.27. The lowest BCUT2D eigenvalue weighted by Gasteiger charge is -2.28. The van der Waals surface area contributed by atoms with E-state index in [1.807, 2.05) is 0 Å². The van der Waals surface area contributed by atoms with Gasteiger partial charge < -0.3 is 10.8 Å². The second-order valence-corrected chi connectivity index (χ2v) is 5.61. The molecule has 0 aliphatic heterocycles. The minimum absolute atomic E-state index is 0.0982. The Morgan fingerprint density at radius 2 is 1.88 bits per heavy atom. The van der Waals surface area contributed by atoms with Crippen LogP contribution in [-0.2, 0) is 0 Å². The van der Waals surface area contributed by atoms with E-state index in [4.69, 9.17) is 5.73 Å². The van der Waals surface area contributed by atoms with Gasteiger partial charge in [-0.05, 0) is 27.4 Å². The van der Waals surface area contributed by atoms with E-state index in [1.54, 1.807) is 20.8 Å². The zero-order valence-electron chi connectivity index (χ0n) is 9.31. The molecule has 0 bridgehead atoms. The van der Waals surface area contributed by atoms with E-state index < -0.39 is 23.1 Å². The molecule has 0 heterocycles. The molecule has 0 saturated carbocycles. The van der Waals surface area contributed by atoms with Crippen LogP contribution in [0.4, 0.5) is 8.78 Å². The van der Waals surface area contributed by atoms with Crippen molar-refractivity contribution in [3.63, 3.8) is 0 Å². The van der Waals surface area contributed by atoms with Crippen LogP contribution in [0, 0.1) is 17.0 Å². The maximum Gasteiger partial charge on any atom is 0.167 e. The lowest BCUT2D eigenvalue weighted by molar-refractivity contribution is 0.304. The molecule has 0 amide bonds. The van der Waals surface area contributed by atoms with E-state index in [0.717, 1.165) is 6.07 Å². The molecule has 0 aliphatic rings. The topological polar surface area (TPSA) is 46.2 Å². The number of hydrogen-bond acceptors (Lipinski definition) is 2. The van der Waals surface area contributed by atoms with Crippen molar-refractivity contribution in [3.8, 4) is 5.75 Å². The highest BCUT2D eigenvalue weighted by Gasteiger charge is 2.30. The monoisotopic (exact) mass is 293 g/mol. The van der Waals surface area contributed by atoms with Crippen LogP contribution in [0.1, 0.15) is 32.4 Å². The number of halogens is 3. The van der Waals surface area contributed by atoms with Gasteiger partial charge in [0, 0.05) is 6.04 Å². The minimum atomic E-state index is -1.09. The van der Waals surface area contributed by atoms with Crippen LogP contribution < -0.4 is 5.73 Å². The zero-order valence-corrected chi connectivity index (χ0v) is 10.9. The first-order valence-electron chi connectivity index (χ1n) is 4.78. The summed E-state index contributed by atoms with van der Waals surface area (Å²) >= 11 is 2.95. The molecule has 90 valence electrons. The first kappa shape index (κ1) is 13.4. The van der Waals surface area contributed by atoms with Gasteiger partial charge in [0.2, 0.25) is 0 Å². The van der Waals surface area contributed by atoms with Crippen molar-refractivity contribution < 1.29 is 13.9 Å². The first-order valence-corrected chi connectivity index (χ1v) is 5.57. The normalized spacial score (nSPS) is 13.9. The van der Waals surface area contributed by atoms with Crippen molar-refractivity contribution in [1.29, 1.82) is 0 Å². The standard InChI is InChI=1S/C11H14BrF2NO/c1-11(2,3)10(15)7-8(14)6(13)4-5(12)9(7)16/h4,10,16H,15H2,1-3H3/t10-/m0/s1. The highest BCUT2D eigenvalue weighted by molar-refractivity contribution is 9.10. The van der Waals surface area contributed by atoms with E-state index in [1.165, 1.54) is 0 Å². The Kier molecular flexibility index (Phi) is 3.59. The molecule has 5 heteroatoms. The molecule has 16 heavy (non-hydrogen) atoms. The summed E-state index contributed by atoms with van der Waals surface area (Å²) in [4.78, 5) is 0. The highest BCUT2D eigenvalue weighted by atomic mass is 79.9. The van der Waals surface area contributed by atoms with E-state index >= 15 is 0 Å². The average molecular weight is 294 g/mol. The van der Waals surface area contributed by atoms with Gasteiger partial charge in [0.1, 0.15) is 5.75 Å². The number of nitrogens with two attached hydrogens (primary N) is 1. The molecule has 0 spiro atoms. The molecule has 0 aliphatic carbocycles. The van der Waals surface area contributed by atoms with Gasteiger partial charge in [0.05, 0.1) is 10.0 Å². The van der Waals surface area contributed by atoms with Crippen LogP contribution in [-0.4, -0.2) is 5.11 Å². The van der Waals surface area contributed by atoms with Crippen LogP contribution in [0.25, 0.3) is 0 Å². The third-order valence-corrected chi connectivity index (χ3v) is 3.03. The first-order chi connectivity index (χ1) is 7.16. The molecule has 0 radical (unpaired) electrons. The minimum Gasteiger partial charge on any atom is -0.506 e. The average Bonchev–Trinajstić information content (AvgIpc) is 2.13. The van der Waals surface area contributed by atoms with Gasteiger partial charge >= 0.3 is 0 Å². The summed E-state index contributed by atoms with van der Waals surface area (Å²) < 4.78 is 26.9. The predicted octanol–water partition coefficient (Wildman–Crippen LogP) is 3.48. The number of phenols is 1. The summed E-state index contributed by atoms with van der Waals surface area (Å²) in [6.45, 7) is 5.36. The smallest absolute Gasteiger partial charge is 0.167 e. The maximum atomic E-state index is 13.6. The number of phenolic OH excluding ortho intramolecular Hbond substituents is 1. The van der Waals surface area contributed by atoms with Crippen molar-refractivity contribution in [1.82, 2.24) is 0 Å². The molecule has 1 rings (SSSR count). The fraction of sp³-hybridized carbons (Fsp3) is 0.455. The van der Waals surface area contributed by atoms with Gasteiger partial charge in [-0.3, -0.25) is 0 Å². The molecular weight excluding hydrogens is 280 g/mol. The van der Waals surface area contributed by atoms with Gasteiger partial charge in [-0.1, -0.05) is 20.8 Å². The Morgan fingerprint density at radius 3 is 2.31 bits per heavy atom. The maximum absolute atomic E-state index is 13.6. The van der Waals surface area contributed by atoms with Crippen LogP contribution in [0.2, 0.25) is 0 Å². The Labute approximate surface area is 102 Å². The molecule has 1 aromatic carbocycles. The molecule has 0 aromatic heterocycles. The summed E-state index contributed by atoms with van der Waals surface area (Å²) in [6, 6.07) is 0.0864. The number of benzene rings is 1. The third kappa shape index (κ3) is 2.35. The summed E-state index contributed by atoms with van der Waals surface area (Å²) in [5.41, 5.74) is 5.15. The van der Waals surface area contributed by atoms with Crippen LogP contribution in [0.5, 0.6) is 5.75 Å². The molecule has 2 nitrogen and oxygen atoms in total. The highest BCUT2D eigenvalue weighted by Crippen LogP contribution is 2.40. The number of aromatic hydroxyl groups is 1. The van der Waals surface area contributed by atoms with Crippen molar-refractivity contribution in [3.05, 3.63) is 27.7 Å². The number of rotatable bonds is 1. The lowest BCUT2D eigenvalue weighted by atomic mass is 9.82. The van der Waals surface area contributed by atoms with Gasteiger partial charge in [0.15, 0.2) is 11.6 Å². The van der Waals surface area contributed by atoms with E-state index in [2.05, 4.69) is 15.9 Å². The van der Waals surface area contributed by atoms with Crippen molar-refractivity contribution in [2.24, 2.45) is 11.1 Å². The Hall–Kier alpha value is -0.680. The zero-order chi connectivity index (χ0) is 12.7. The van der Waals surface area contributed by atoms with Crippen LogP contribution in [0.15, 0.2) is 10.5 Å². The van der Waals surface area contributed by atoms with Crippen LogP contribution in [0.3, 0.4) is 0 Å². The largest absolute Gasteiger partial charge is 0.506 e. The van der Waals surface area contributed by atoms with E-state index in [-0.39, 0.29) is 15.8 Å². The Morgan fingerprint density at radius 1 is 1.38 bits per heavy atom. The van der Waals surface area contributed by atoms with Crippen molar-refractivity contribution in [2.45, 2.75) is 26.8 Å². The fourth-order valence-corrected chi connectivity index (χ4v) is 1.74. The van der Waals surface area contributed by atoms with Crippen LogP contribution >= 0.6 is 15.9 Å². The predicted molar refractivity (Wildman–Crippen MR) is 62.1 cm³/mol. The number of hydrogen-bond donors (Lipinski definition) is 2. The van der Waals surface area contributed by atoms with E-state index in [0.29, 0.717) is 0 Å². The summed E-state index contributed by atoms with van der Waals surface area (Å²) in [6.07, 6.45) is 0. The second-order valence-electron chi connectivity index (χ2n) is 4.76. The van der Waals surface area contributed by atoms with Crippen molar-refractivity contribution >= 4 is 15.9 Å². The SMILES string of the molecule is CC(C)(C)[C@@H](N)c1c(O)c(Br)cc(F)c1F. The van der Waals surface area contributed by atoms with Gasteiger partial charge in [-0.25, -0.2) is 8.78 Å². The van der Waals surface area contributed by atoms with Gasteiger partial charge in [-0.2, -0.15) is 0 Å². The van der Waals surface area contributed by atoms with Gasteiger partial charge in [-0.15, -0.1) is 0 Å². The van der Waals surface area contributed by atoms with E-state index in [9.17, 15) is 13.9 Å². The molecule has 0 saturated heterocycles. The third-order valence-electron chi connectivity index (χ3n) is 2.42. The van der Waals surface area contributed by atoms with Crippen molar-refractivity contribution in [2.75, 3.05) is 0 Å².